The van der Waals surface area contributed by atoms with Crippen LogP contribution in [0.4, 0.5) is 5.69 Å². The number of hydrogen-bond donors (Lipinski definition) is 1. The molecular weight excluding hydrogens is 206 g/mol. The number of benzene rings is 1. The maximum atomic E-state index is 11.0. The summed E-state index contributed by atoms with van der Waals surface area (Å²) >= 11 is 0. The molecule has 1 heterocycles. The van der Waals surface area contributed by atoms with Crippen molar-refractivity contribution in [1.82, 2.24) is 0 Å². The fraction of sp³-hybridized carbons (Fsp3) is 0.250. The molecule has 5 nitrogen and oxygen atoms in total. The van der Waals surface area contributed by atoms with Gasteiger partial charge in [0.2, 0.25) is 5.75 Å². The minimum atomic E-state index is -3.89. The lowest BCUT2D eigenvalue weighted by Crippen LogP contribution is -2.08. The lowest BCUT2D eigenvalue weighted by Gasteiger charge is -2.04. The minimum Gasteiger partial charge on any atom is -0.382 e. The molecule has 2 rings (SSSR count). The molecule has 1 aliphatic heterocycles. The van der Waals surface area contributed by atoms with E-state index < -0.39 is 10.4 Å². The number of para-hydroxylation sites is 1. The van der Waals surface area contributed by atoms with Gasteiger partial charge >= 0.3 is 10.4 Å². The van der Waals surface area contributed by atoms with E-state index in [0.717, 1.165) is 0 Å². The molecule has 0 amide bonds. The van der Waals surface area contributed by atoms with Gasteiger partial charge in [0.25, 0.3) is 0 Å². The molecule has 0 radical (unpaired) electrons. The molecule has 14 heavy (non-hydrogen) atoms. The van der Waals surface area contributed by atoms with Crippen LogP contribution in [0, 0.1) is 0 Å². The Balaban J connectivity index is 2.46. The van der Waals surface area contributed by atoms with Gasteiger partial charge in [0.05, 0.1) is 5.69 Å². The monoisotopic (exact) mass is 215 g/mol. The lowest BCUT2D eigenvalue weighted by atomic mass is 10.2. The number of anilines is 1. The van der Waals surface area contributed by atoms with Crippen LogP contribution in [0.3, 0.4) is 0 Å². The van der Waals surface area contributed by atoms with Crippen LogP contribution < -0.4 is 13.7 Å². The normalized spacial score (nSPS) is 16.6. The maximum Gasteiger partial charge on any atom is 0.501 e. The molecule has 1 aliphatic rings. The third-order valence-electron chi connectivity index (χ3n) is 1.72. The van der Waals surface area contributed by atoms with Crippen molar-refractivity contribution in [1.29, 1.82) is 0 Å². The first-order valence-corrected chi connectivity index (χ1v) is 5.46. The Morgan fingerprint density at radius 3 is 2.86 bits per heavy atom. The molecule has 0 unspecified atom stereocenters. The summed E-state index contributed by atoms with van der Waals surface area (Å²) in [4.78, 5) is 0. The number of rotatable bonds is 2. The molecule has 0 saturated carbocycles. The standard InChI is InChI=1S/C8H9NO4S/c1-2-9-6-4-3-5-7-8(6)13-14(10,11)12-7/h3-5,9H,2H2,1H3. The van der Waals surface area contributed by atoms with Crippen molar-refractivity contribution in [2.45, 2.75) is 6.92 Å². The van der Waals surface area contributed by atoms with Gasteiger partial charge in [-0.3, -0.25) is 0 Å². The predicted octanol–water partition coefficient (Wildman–Crippen LogP) is 1.13. The third-order valence-corrected chi connectivity index (χ3v) is 2.48. The molecule has 0 spiro atoms. The highest BCUT2D eigenvalue weighted by molar-refractivity contribution is 7.82. The molecule has 76 valence electrons. The summed E-state index contributed by atoms with van der Waals surface area (Å²) in [6, 6.07) is 4.97. The van der Waals surface area contributed by atoms with E-state index in [2.05, 4.69) is 13.7 Å². The molecule has 0 atom stereocenters. The van der Waals surface area contributed by atoms with Crippen LogP contribution in [0.15, 0.2) is 18.2 Å². The van der Waals surface area contributed by atoms with Crippen molar-refractivity contribution in [3.63, 3.8) is 0 Å². The van der Waals surface area contributed by atoms with Crippen LogP contribution in [0.25, 0.3) is 0 Å². The van der Waals surface area contributed by atoms with Crippen LogP contribution in [0.1, 0.15) is 6.92 Å². The molecule has 6 heteroatoms. The van der Waals surface area contributed by atoms with Crippen LogP contribution in [0.5, 0.6) is 11.5 Å². The molecule has 0 aliphatic carbocycles. The van der Waals surface area contributed by atoms with Crippen molar-refractivity contribution in [2.24, 2.45) is 0 Å². The average Bonchev–Trinajstić information content (AvgIpc) is 2.41. The molecule has 0 fully saturated rings. The van der Waals surface area contributed by atoms with Gasteiger partial charge in [-0.2, -0.15) is 0 Å². The second-order valence-electron chi connectivity index (χ2n) is 2.74. The van der Waals surface area contributed by atoms with Gasteiger partial charge in [0.1, 0.15) is 0 Å². The van der Waals surface area contributed by atoms with Gasteiger partial charge in [-0.25, -0.2) is 0 Å². The summed E-state index contributed by atoms with van der Waals surface area (Å²) in [7, 11) is -3.89. The highest BCUT2D eigenvalue weighted by atomic mass is 32.3. The van der Waals surface area contributed by atoms with E-state index >= 15 is 0 Å². The summed E-state index contributed by atoms with van der Waals surface area (Å²) in [5.41, 5.74) is 0.617. The Hall–Kier alpha value is -1.43. The van der Waals surface area contributed by atoms with Crippen molar-refractivity contribution in [3.8, 4) is 11.5 Å². The molecule has 0 aromatic heterocycles. The van der Waals surface area contributed by atoms with Crippen molar-refractivity contribution >= 4 is 16.1 Å². The SMILES string of the molecule is CCNc1cccc2c1OS(=O)(=O)O2. The molecule has 1 N–H and O–H groups in total. The average molecular weight is 215 g/mol. The zero-order valence-corrected chi connectivity index (χ0v) is 8.30. The van der Waals surface area contributed by atoms with E-state index in [1.807, 2.05) is 6.92 Å². The van der Waals surface area contributed by atoms with Gasteiger partial charge in [-0.15, -0.1) is 8.42 Å². The molecule has 1 aromatic carbocycles. The molecule has 0 bridgehead atoms. The number of hydrogen-bond acceptors (Lipinski definition) is 5. The van der Waals surface area contributed by atoms with Crippen molar-refractivity contribution in [2.75, 3.05) is 11.9 Å². The smallest absolute Gasteiger partial charge is 0.382 e. The Labute approximate surface area is 82.0 Å². The van der Waals surface area contributed by atoms with Gasteiger partial charge in [0.15, 0.2) is 5.75 Å². The zero-order valence-electron chi connectivity index (χ0n) is 7.48. The minimum absolute atomic E-state index is 0.225. The number of nitrogens with one attached hydrogen (secondary N) is 1. The highest BCUT2D eigenvalue weighted by Crippen LogP contribution is 2.41. The summed E-state index contributed by atoms with van der Waals surface area (Å²) in [5.74, 6) is 0.456. The van der Waals surface area contributed by atoms with Crippen LogP contribution in [-0.2, 0) is 10.4 Å². The van der Waals surface area contributed by atoms with Gasteiger partial charge in [0, 0.05) is 6.54 Å². The largest absolute Gasteiger partial charge is 0.501 e. The maximum absolute atomic E-state index is 11.0. The molecular formula is C8H9NO4S. The Bertz CT molecular complexity index is 454. The molecule has 1 aromatic rings. The van der Waals surface area contributed by atoms with Crippen LogP contribution in [-0.4, -0.2) is 15.0 Å². The molecule has 0 saturated heterocycles. The Morgan fingerprint density at radius 2 is 2.14 bits per heavy atom. The first-order chi connectivity index (χ1) is 6.62. The summed E-state index contributed by atoms with van der Waals surface area (Å²) < 4.78 is 31.2. The van der Waals surface area contributed by atoms with Crippen molar-refractivity contribution in [3.05, 3.63) is 18.2 Å². The fourth-order valence-corrected chi connectivity index (χ4v) is 1.99. The second-order valence-corrected chi connectivity index (χ2v) is 3.89. The van der Waals surface area contributed by atoms with Gasteiger partial charge in [-0.05, 0) is 19.1 Å². The topological polar surface area (TPSA) is 64.6 Å². The first-order valence-electron chi connectivity index (χ1n) is 4.13. The highest BCUT2D eigenvalue weighted by Gasteiger charge is 2.30. The van der Waals surface area contributed by atoms with E-state index in [4.69, 9.17) is 0 Å². The zero-order chi connectivity index (χ0) is 10.2. The van der Waals surface area contributed by atoms with E-state index in [-0.39, 0.29) is 11.5 Å². The summed E-state index contributed by atoms with van der Waals surface area (Å²) in [6.45, 7) is 2.59. The predicted molar refractivity (Wildman–Crippen MR) is 50.8 cm³/mol. The fourth-order valence-electron chi connectivity index (χ4n) is 1.23. The second kappa shape index (κ2) is 3.06. The first kappa shape index (κ1) is 9.14. The van der Waals surface area contributed by atoms with E-state index in [1.165, 1.54) is 0 Å². The van der Waals surface area contributed by atoms with Crippen LogP contribution >= 0.6 is 0 Å². The van der Waals surface area contributed by atoms with E-state index in [9.17, 15) is 8.42 Å². The third kappa shape index (κ3) is 1.48. The Morgan fingerprint density at radius 1 is 1.36 bits per heavy atom. The Kier molecular flexibility index (Phi) is 1.99. The van der Waals surface area contributed by atoms with Gasteiger partial charge < -0.3 is 13.7 Å². The van der Waals surface area contributed by atoms with E-state index in [1.54, 1.807) is 18.2 Å². The lowest BCUT2D eigenvalue weighted by molar-refractivity contribution is 0.436. The van der Waals surface area contributed by atoms with Gasteiger partial charge in [-0.1, -0.05) is 6.07 Å². The summed E-state index contributed by atoms with van der Waals surface area (Å²) in [5, 5.41) is 2.98. The van der Waals surface area contributed by atoms with Crippen molar-refractivity contribution < 1.29 is 16.8 Å². The van der Waals surface area contributed by atoms with E-state index in [0.29, 0.717) is 12.2 Å². The van der Waals surface area contributed by atoms with Crippen LogP contribution in [0.2, 0.25) is 0 Å². The quantitative estimate of drug-likeness (QED) is 0.801. The summed E-state index contributed by atoms with van der Waals surface area (Å²) in [6.07, 6.45) is 0. The number of fused-ring (bicyclic) bond motifs is 1.